The van der Waals surface area contributed by atoms with Crippen molar-refractivity contribution >= 4 is 11.6 Å². The van der Waals surface area contributed by atoms with E-state index in [1.54, 1.807) is 12.1 Å². The van der Waals surface area contributed by atoms with Gasteiger partial charge in [0.2, 0.25) is 5.88 Å². The summed E-state index contributed by atoms with van der Waals surface area (Å²) in [4.78, 5) is 4.22. The summed E-state index contributed by atoms with van der Waals surface area (Å²) in [5.74, 6) is 1.53. The summed E-state index contributed by atoms with van der Waals surface area (Å²) in [5.41, 5.74) is 2.58. The zero-order valence-electron chi connectivity index (χ0n) is 11.9. The highest BCUT2D eigenvalue weighted by atomic mass is 35.5. The number of aryl methyl sites for hydroxylation is 1. The molecule has 0 atom stereocenters. The van der Waals surface area contributed by atoms with E-state index in [4.69, 9.17) is 21.4 Å². The van der Waals surface area contributed by atoms with E-state index in [2.05, 4.69) is 18.8 Å². The lowest BCUT2D eigenvalue weighted by Crippen LogP contribution is -1.97. The molecule has 1 aromatic heterocycles. The zero-order chi connectivity index (χ0) is 14.7. The smallest absolute Gasteiger partial charge is 0.219 e. The molecule has 1 heterocycles. The molecule has 3 nitrogen and oxygen atoms in total. The topological polar surface area (TPSA) is 42.4 Å². The van der Waals surface area contributed by atoms with Crippen LogP contribution in [0.15, 0.2) is 30.3 Å². The van der Waals surface area contributed by atoms with Gasteiger partial charge in [-0.05, 0) is 42.2 Å². The molecule has 1 N–H and O–H groups in total. The lowest BCUT2D eigenvalue weighted by molar-refractivity contribution is 0.275. The van der Waals surface area contributed by atoms with Crippen molar-refractivity contribution < 1.29 is 9.84 Å². The van der Waals surface area contributed by atoms with Crippen LogP contribution in [0.25, 0.3) is 0 Å². The number of hydrogen-bond acceptors (Lipinski definition) is 3. The van der Waals surface area contributed by atoms with Crippen LogP contribution in [0.5, 0.6) is 11.6 Å². The molecule has 0 saturated carbocycles. The third kappa shape index (κ3) is 3.30. The lowest BCUT2D eigenvalue weighted by Gasteiger charge is -2.14. The van der Waals surface area contributed by atoms with E-state index in [-0.39, 0.29) is 6.61 Å². The van der Waals surface area contributed by atoms with E-state index in [0.29, 0.717) is 17.5 Å². The van der Waals surface area contributed by atoms with Gasteiger partial charge in [0.25, 0.3) is 0 Å². The Bertz CT molecular complexity index is 611. The van der Waals surface area contributed by atoms with Crippen molar-refractivity contribution in [3.05, 3.63) is 52.2 Å². The van der Waals surface area contributed by atoms with Gasteiger partial charge in [-0.25, -0.2) is 4.98 Å². The summed E-state index contributed by atoms with van der Waals surface area (Å²) in [6, 6.07) is 9.18. The molecule has 0 aliphatic heterocycles. The van der Waals surface area contributed by atoms with Gasteiger partial charge in [-0.1, -0.05) is 31.5 Å². The number of aliphatic hydroxyl groups is 1. The highest BCUT2D eigenvalue weighted by Crippen LogP contribution is 2.33. The maximum atomic E-state index is 9.10. The van der Waals surface area contributed by atoms with E-state index in [9.17, 15) is 0 Å². The summed E-state index contributed by atoms with van der Waals surface area (Å²) < 4.78 is 5.82. The van der Waals surface area contributed by atoms with Gasteiger partial charge in [0.1, 0.15) is 5.75 Å². The van der Waals surface area contributed by atoms with Gasteiger partial charge in [0.05, 0.1) is 12.3 Å². The van der Waals surface area contributed by atoms with Gasteiger partial charge in [0, 0.05) is 11.1 Å². The molecule has 20 heavy (non-hydrogen) atoms. The van der Waals surface area contributed by atoms with E-state index >= 15 is 0 Å². The summed E-state index contributed by atoms with van der Waals surface area (Å²) in [6.45, 7) is 6.02. The first-order valence-corrected chi connectivity index (χ1v) is 6.93. The Morgan fingerprint density at radius 2 is 2.05 bits per heavy atom. The average Bonchev–Trinajstić information content (AvgIpc) is 2.41. The number of hydrogen-bond donors (Lipinski definition) is 1. The summed E-state index contributed by atoms with van der Waals surface area (Å²) in [6.07, 6.45) is 0. The number of rotatable bonds is 4. The van der Waals surface area contributed by atoms with E-state index in [1.807, 2.05) is 25.1 Å². The predicted octanol–water partition coefficient (Wildman–Crippen LogP) is 4.45. The van der Waals surface area contributed by atoms with Crippen molar-refractivity contribution in [1.29, 1.82) is 0 Å². The Hall–Kier alpha value is -1.58. The average molecular weight is 292 g/mol. The molecule has 1 aromatic carbocycles. The Morgan fingerprint density at radius 1 is 1.30 bits per heavy atom. The van der Waals surface area contributed by atoms with Crippen LogP contribution in [0.2, 0.25) is 5.02 Å². The number of nitrogens with zero attached hydrogens (tertiary/aromatic N) is 1. The molecular formula is C16H18ClNO2. The van der Waals surface area contributed by atoms with Crippen molar-refractivity contribution in [2.45, 2.75) is 33.3 Å². The number of benzene rings is 1. The predicted molar refractivity (Wildman–Crippen MR) is 80.5 cm³/mol. The minimum absolute atomic E-state index is 0.103. The minimum Gasteiger partial charge on any atom is -0.439 e. The number of aromatic nitrogens is 1. The first kappa shape index (κ1) is 14.8. The minimum atomic E-state index is -0.103. The van der Waals surface area contributed by atoms with Crippen molar-refractivity contribution in [2.75, 3.05) is 0 Å². The van der Waals surface area contributed by atoms with Crippen LogP contribution in [0.4, 0.5) is 0 Å². The quantitative estimate of drug-likeness (QED) is 0.905. The van der Waals surface area contributed by atoms with Gasteiger partial charge in [-0.2, -0.15) is 0 Å². The Balaban J connectivity index is 2.35. The molecule has 0 bridgehead atoms. The third-order valence-electron chi connectivity index (χ3n) is 3.07. The van der Waals surface area contributed by atoms with Crippen molar-refractivity contribution in [3.8, 4) is 11.6 Å². The number of pyridine rings is 1. The van der Waals surface area contributed by atoms with Gasteiger partial charge < -0.3 is 9.84 Å². The van der Waals surface area contributed by atoms with Crippen LogP contribution in [-0.4, -0.2) is 10.1 Å². The van der Waals surface area contributed by atoms with E-state index < -0.39 is 0 Å². The van der Waals surface area contributed by atoms with Crippen LogP contribution in [0.1, 0.15) is 36.6 Å². The standard InChI is InChI=1S/C16H18ClNO2/c1-10(2)13-8-15(11(3)7-14(13)17)20-16-6-4-5-12(9-19)18-16/h4-8,10,19H,9H2,1-3H3. The normalized spacial score (nSPS) is 10.9. The maximum absolute atomic E-state index is 9.10. The molecule has 0 radical (unpaired) electrons. The van der Waals surface area contributed by atoms with Crippen molar-refractivity contribution in [1.82, 2.24) is 4.98 Å². The molecule has 2 aromatic rings. The third-order valence-corrected chi connectivity index (χ3v) is 3.40. The Kier molecular flexibility index (Phi) is 4.63. The zero-order valence-corrected chi connectivity index (χ0v) is 12.6. The van der Waals surface area contributed by atoms with E-state index in [1.165, 1.54) is 0 Å². The summed E-state index contributed by atoms with van der Waals surface area (Å²) in [5, 5.41) is 9.85. The maximum Gasteiger partial charge on any atom is 0.219 e. The molecule has 0 aliphatic carbocycles. The lowest BCUT2D eigenvalue weighted by atomic mass is 10.0. The molecule has 0 saturated heterocycles. The van der Waals surface area contributed by atoms with Gasteiger partial charge >= 0.3 is 0 Å². The molecule has 4 heteroatoms. The second-order valence-corrected chi connectivity index (χ2v) is 5.43. The van der Waals surface area contributed by atoms with Crippen molar-refractivity contribution in [2.24, 2.45) is 0 Å². The number of halogens is 1. The first-order chi connectivity index (χ1) is 9.51. The van der Waals surface area contributed by atoms with Crippen LogP contribution < -0.4 is 4.74 Å². The fourth-order valence-corrected chi connectivity index (χ4v) is 2.37. The van der Waals surface area contributed by atoms with Gasteiger partial charge in [0.15, 0.2) is 0 Å². The first-order valence-electron chi connectivity index (χ1n) is 6.56. The fourth-order valence-electron chi connectivity index (χ4n) is 1.94. The molecule has 106 valence electrons. The fraction of sp³-hybridized carbons (Fsp3) is 0.312. The SMILES string of the molecule is Cc1cc(Cl)c(C(C)C)cc1Oc1cccc(CO)n1. The van der Waals surface area contributed by atoms with Crippen LogP contribution in [-0.2, 0) is 6.61 Å². The summed E-state index contributed by atoms with van der Waals surface area (Å²) in [7, 11) is 0. The van der Waals surface area contributed by atoms with Crippen molar-refractivity contribution in [3.63, 3.8) is 0 Å². The van der Waals surface area contributed by atoms with Crippen LogP contribution in [0.3, 0.4) is 0 Å². The Labute approximate surface area is 124 Å². The molecular weight excluding hydrogens is 274 g/mol. The highest BCUT2D eigenvalue weighted by molar-refractivity contribution is 6.31. The largest absolute Gasteiger partial charge is 0.439 e. The number of aliphatic hydroxyl groups excluding tert-OH is 1. The molecule has 0 aliphatic rings. The molecule has 2 rings (SSSR count). The van der Waals surface area contributed by atoms with Crippen LogP contribution >= 0.6 is 11.6 Å². The molecule has 0 spiro atoms. The highest BCUT2D eigenvalue weighted by Gasteiger charge is 2.11. The second-order valence-electron chi connectivity index (χ2n) is 5.02. The van der Waals surface area contributed by atoms with Gasteiger partial charge in [-0.15, -0.1) is 0 Å². The Morgan fingerprint density at radius 3 is 2.70 bits per heavy atom. The molecule has 0 fully saturated rings. The van der Waals surface area contributed by atoms with Crippen LogP contribution in [0, 0.1) is 6.92 Å². The second kappa shape index (κ2) is 6.25. The van der Waals surface area contributed by atoms with E-state index in [0.717, 1.165) is 21.9 Å². The number of ether oxygens (including phenoxy) is 1. The molecule has 0 unspecified atom stereocenters. The van der Waals surface area contributed by atoms with Gasteiger partial charge in [-0.3, -0.25) is 0 Å². The summed E-state index contributed by atoms with van der Waals surface area (Å²) >= 11 is 6.24. The molecule has 0 amide bonds. The monoisotopic (exact) mass is 291 g/mol.